The first-order chi connectivity index (χ1) is 11.2. The van der Waals surface area contributed by atoms with E-state index < -0.39 is 0 Å². The number of methoxy groups -OCH3 is 1. The molecule has 2 heterocycles. The summed E-state index contributed by atoms with van der Waals surface area (Å²) in [5.41, 5.74) is 4.26. The molecule has 0 spiro atoms. The fourth-order valence-electron chi connectivity index (χ4n) is 3.07. The fraction of sp³-hybridized carbons (Fsp3) is 0.111. The molecule has 0 unspecified atom stereocenters. The third-order valence-corrected chi connectivity index (χ3v) is 4.03. The van der Waals surface area contributed by atoms with Crippen molar-refractivity contribution in [2.75, 3.05) is 7.11 Å². The number of hydrogen-bond donors (Lipinski definition) is 0. The minimum Gasteiger partial charge on any atom is -0.480 e. The third kappa shape index (κ3) is 1.92. The molecule has 3 aromatic rings. The third-order valence-electron chi connectivity index (χ3n) is 4.03. The van der Waals surface area contributed by atoms with Gasteiger partial charge in [0.25, 0.3) is 0 Å². The van der Waals surface area contributed by atoms with Gasteiger partial charge in [0.2, 0.25) is 5.88 Å². The van der Waals surface area contributed by atoms with E-state index >= 15 is 0 Å². The van der Waals surface area contributed by atoms with Gasteiger partial charge in [-0.1, -0.05) is 0 Å². The molecule has 2 aromatic heterocycles. The highest BCUT2D eigenvalue weighted by Gasteiger charge is 2.29. The van der Waals surface area contributed by atoms with Crippen LogP contribution in [0.1, 0.15) is 16.7 Å². The number of furan rings is 1. The molecule has 0 saturated carbocycles. The van der Waals surface area contributed by atoms with Gasteiger partial charge >= 0.3 is 0 Å². The number of aromatic nitrogens is 1. The summed E-state index contributed by atoms with van der Waals surface area (Å²) in [6.45, 7) is 0. The second-order valence-corrected chi connectivity index (χ2v) is 5.27. The maximum atomic E-state index is 13.5. The Balaban J connectivity index is 2.07. The molecule has 4 rings (SSSR count). The highest BCUT2D eigenvalue weighted by molar-refractivity contribution is 5.85. The first kappa shape index (κ1) is 13.5. The summed E-state index contributed by atoms with van der Waals surface area (Å²) in [6, 6.07) is 10.3. The summed E-state index contributed by atoms with van der Waals surface area (Å²) >= 11 is 0. The van der Waals surface area contributed by atoms with Crippen LogP contribution in [0.3, 0.4) is 0 Å². The number of benzene rings is 1. The molecule has 0 bridgehead atoms. The first-order valence-electron chi connectivity index (χ1n) is 7.06. The van der Waals surface area contributed by atoms with Crippen LogP contribution in [0.4, 0.5) is 4.39 Å². The molecule has 0 radical (unpaired) electrons. The highest BCUT2D eigenvalue weighted by atomic mass is 19.1. The Kier molecular flexibility index (Phi) is 2.91. The van der Waals surface area contributed by atoms with Crippen LogP contribution in [-0.4, -0.2) is 12.1 Å². The quantitative estimate of drug-likeness (QED) is 0.563. The van der Waals surface area contributed by atoms with Crippen LogP contribution < -0.4 is 4.74 Å². The molecule has 1 aliphatic rings. The number of fused-ring (bicyclic) bond motifs is 3. The number of ether oxygens (including phenoxy) is 1. The summed E-state index contributed by atoms with van der Waals surface area (Å²) in [6.07, 6.45) is 2.06. The number of rotatable bonds is 2. The van der Waals surface area contributed by atoms with Gasteiger partial charge in [-0.25, -0.2) is 9.37 Å². The van der Waals surface area contributed by atoms with Crippen LogP contribution in [0, 0.1) is 17.1 Å². The predicted molar refractivity (Wildman–Crippen MR) is 81.4 cm³/mol. The molecule has 4 nitrogen and oxygen atoms in total. The van der Waals surface area contributed by atoms with E-state index in [0.29, 0.717) is 29.0 Å². The summed E-state index contributed by atoms with van der Waals surface area (Å²) in [5, 5.41) is 9.55. The normalized spacial score (nSPS) is 11.7. The molecule has 1 aliphatic carbocycles. The Bertz CT molecular complexity index is 956. The van der Waals surface area contributed by atoms with E-state index in [2.05, 4.69) is 11.1 Å². The van der Waals surface area contributed by atoms with Crippen molar-refractivity contribution in [1.82, 2.24) is 4.98 Å². The smallest absolute Gasteiger partial charge is 0.232 e. The fourth-order valence-corrected chi connectivity index (χ4v) is 3.07. The molecule has 0 amide bonds. The molecule has 23 heavy (non-hydrogen) atoms. The largest absolute Gasteiger partial charge is 0.480 e. The number of halogens is 1. The van der Waals surface area contributed by atoms with Gasteiger partial charge in [-0.2, -0.15) is 5.26 Å². The molecular formula is C18H11FN2O2. The monoisotopic (exact) mass is 306 g/mol. The second-order valence-electron chi connectivity index (χ2n) is 5.27. The Labute approximate surface area is 131 Å². The van der Waals surface area contributed by atoms with Gasteiger partial charge in [0.1, 0.15) is 23.2 Å². The molecule has 0 saturated heterocycles. The number of nitrogens with zero attached hydrogens (tertiary/aromatic N) is 2. The van der Waals surface area contributed by atoms with Crippen molar-refractivity contribution in [3.63, 3.8) is 0 Å². The van der Waals surface area contributed by atoms with Gasteiger partial charge in [-0.05, 0) is 41.5 Å². The van der Waals surface area contributed by atoms with Gasteiger partial charge < -0.3 is 9.15 Å². The van der Waals surface area contributed by atoms with E-state index in [4.69, 9.17) is 9.15 Å². The molecule has 1 aromatic carbocycles. The average Bonchev–Trinajstić information content (AvgIpc) is 3.19. The minimum atomic E-state index is -0.288. The summed E-state index contributed by atoms with van der Waals surface area (Å²) in [7, 11) is 1.47. The van der Waals surface area contributed by atoms with E-state index in [9.17, 15) is 9.65 Å². The maximum absolute atomic E-state index is 13.5. The zero-order chi connectivity index (χ0) is 16.0. The van der Waals surface area contributed by atoms with Crippen molar-refractivity contribution in [1.29, 1.82) is 5.26 Å². The molecule has 112 valence electrons. The summed E-state index contributed by atoms with van der Waals surface area (Å²) < 4.78 is 24.3. The predicted octanol–water partition coefficient (Wildman–Crippen LogP) is 3.93. The van der Waals surface area contributed by atoms with Gasteiger partial charge in [-0.3, -0.25) is 0 Å². The Hall–Kier alpha value is -3.13. The zero-order valence-electron chi connectivity index (χ0n) is 12.3. The van der Waals surface area contributed by atoms with Crippen LogP contribution in [0.25, 0.3) is 22.6 Å². The Morgan fingerprint density at radius 1 is 1.35 bits per heavy atom. The van der Waals surface area contributed by atoms with Crippen LogP contribution >= 0.6 is 0 Å². The SMILES string of the molecule is COc1nc2c(c(-c3ccco3)c1C#N)Cc1cc(F)ccc1-2. The van der Waals surface area contributed by atoms with Gasteiger partial charge in [0.05, 0.1) is 19.1 Å². The van der Waals surface area contributed by atoms with Crippen molar-refractivity contribution in [3.05, 3.63) is 59.1 Å². The van der Waals surface area contributed by atoms with Crippen molar-refractivity contribution < 1.29 is 13.5 Å². The molecule has 0 N–H and O–H groups in total. The van der Waals surface area contributed by atoms with Crippen LogP contribution in [-0.2, 0) is 6.42 Å². The van der Waals surface area contributed by atoms with Crippen LogP contribution in [0.5, 0.6) is 5.88 Å². The minimum absolute atomic E-state index is 0.245. The van der Waals surface area contributed by atoms with E-state index in [1.54, 1.807) is 24.5 Å². The number of pyridine rings is 1. The lowest BCUT2D eigenvalue weighted by Gasteiger charge is -2.11. The molecule has 0 atom stereocenters. The standard InChI is InChI=1S/C18H11FN2O2/c1-22-18-14(9-20)16(15-3-2-6-23-15)13-8-10-7-11(19)4-5-12(10)17(13)21-18/h2-7H,8H2,1H3. The van der Waals surface area contributed by atoms with E-state index in [1.807, 2.05) is 0 Å². The number of hydrogen-bond acceptors (Lipinski definition) is 4. The molecule has 5 heteroatoms. The van der Waals surface area contributed by atoms with Crippen molar-refractivity contribution in [2.24, 2.45) is 0 Å². The first-order valence-corrected chi connectivity index (χ1v) is 7.06. The van der Waals surface area contributed by atoms with Crippen LogP contribution in [0.15, 0.2) is 41.0 Å². The van der Waals surface area contributed by atoms with Crippen molar-refractivity contribution in [3.8, 4) is 34.5 Å². The summed E-state index contributed by atoms with van der Waals surface area (Å²) in [4.78, 5) is 4.48. The molecule has 0 aliphatic heterocycles. The average molecular weight is 306 g/mol. The van der Waals surface area contributed by atoms with Gasteiger partial charge in [0.15, 0.2) is 0 Å². The maximum Gasteiger partial charge on any atom is 0.232 e. The lowest BCUT2D eigenvalue weighted by Crippen LogP contribution is -2.00. The second kappa shape index (κ2) is 4.96. The Morgan fingerprint density at radius 3 is 2.91 bits per heavy atom. The van der Waals surface area contributed by atoms with E-state index in [1.165, 1.54) is 19.2 Å². The Morgan fingerprint density at radius 2 is 2.22 bits per heavy atom. The lowest BCUT2D eigenvalue weighted by atomic mass is 9.99. The summed E-state index contributed by atoms with van der Waals surface area (Å²) in [5.74, 6) is 0.533. The van der Waals surface area contributed by atoms with Crippen LogP contribution in [0.2, 0.25) is 0 Å². The van der Waals surface area contributed by atoms with Crippen molar-refractivity contribution in [2.45, 2.75) is 6.42 Å². The lowest BCUT2D eigenvalue weighted by molar-refractivity contribution is 0.397. The molecule has 0 fully saturated rings. The van der Waals surface area contributed by atoms with Gasteiger partial charge in [-0.15, -0.1) is 0 Å². The topological polar surface area (TPSA) is 59.1 Å². The highest BCUT2D eigenvalue weighted by Crippen LogP contribution is 2.44. The zero-order valence-corrected chi connectivity index (χ0v) is 12.3. The van der Waals surface area contributed by atoms with Gasteiger partial charge in [0, 0.05) is 17.5 Å². The van der Waals surface area contributed by atoms with Crippen molar-refractivity contribution >= 4 is 0 Å². The van der Waals surface area contributed by atoms with E-state index in [0.717, 1.165) is 16.7 Å². The molecular weight excluding hydrogens is 295 g/mol. The van der Waals surface area contributed by atoms with E-state index in [-0.39, 0.29) is 11.7 Å². The number of nitriles is 1.